The number of hydrogen-bond donors (Lipinski definition) is 2. The van der Waals surface area contributed by atoms with E-state index in [0.29, 0.717) is 17.4 Å². The summed E-state index contributed by atoms with van der Waals surface area (Å²) < 4.78 is 5.65. The molecule has 5 heteroatoms. The number of fused-ring (bicyclic) bond motifs is 2. The molecule has 2 aliphatic heterocycles. The monoisotopic (exact) mass is 298 g/mol. The molecule has 0 radical (unpaired) electrons. The average Bonchev–Trinajstić information content (AvgIpc) is 3.24. The minimum Gasteiger partial charge on any atom is -0.508 e. The van der Waals surface area contributed by atoms with Gasteiger partial charge < -0.3 is 19.7 Å². The van der Waals surface area contributed by atoms with Crippen molar-refractivity contribution in [1.29, 1.82) is 0 Å². The summed E-state index contributed by atoms with van der Waals surface area (Å²) in [6.45, 7) is 3.20. The van der Waals surface area contributed by atoms with Gasteiger partial charge in [0.1, 0.15) is 11.5 Å². The minimum atomic E-state index is -0.149. The zero-order valence-corrected chi connectivity index (χ0v) is 12.2. The maximum absolute atomic E-state index is 12.3. The van der Waals surface area contributed by atoms with E-state index >= 15 is 0 Å². The third kappa shape index (κ3) is 2.37. The number of nitrogens with one attached hydrogen (secondary N) is 1. The van der Waals surface area contributed by atoms with Crippen LogP contribution in [0.1, 0.15) is 17.0 Å². The third-order valence-electron chi connectivity index (χ3n) is 4.63. The largest absolute Gasteiger partial charge is 0.508 e. The van der Waals surface area contributed by atoms with Gasteiger partial charge in [0.05, 0.1) is 0 Å². The fraction of sp³-hybridized carbons (Fsp3) is 0.353. The molecule has 2 saturated heterocycles. The van der Waals surface area contributed by atoms with Crippen LogP contribution in [-0.2, 0) is 0 Å². The zero-order chi connectivity index (χ0) is 15.1. The number of nitrogens with zero attached hydrogens (tertiary/aromatic N) is 1. The molecule has 2 unspecified atom stereocenters. The molecule has 0 spiro atoms. The Hall–Kier alpha value is -2.27. The fourth-order valence-electron chi connectivity index (χ4n) is 3.43. The van der Waals surface area contributed by atoms with Crippen molar-refractivity contribution < 1.29 is 14.3 Å². The summed E-state index contributed by atoms with van der Waals surface area (Å²) in [7, 11) is 0. The molecule has 1 aromatic heterocycles. The van der Waals surface area contributed by atoms with Gasteiger partial charge in [0, 0.05) is 24.7 Å². The van der Waals surface area contributed by atoms with Crippen molar-refractivity contribution in [2.45, 2.75) is 12.5 Å². The lowest BCUT2D eigenvalue weighted by molar-refractivity contribution is 0.0897. The predicted octanol–water partition coefficient (Wildman–Crippen LogP) is 2.09. The number of aromatic hydroxyl groups is 1. The van der Waals surface area contributed by atoms with Crippen LogP contribution in [0.15, 0.2) is 40.8 Å². The lowest BCUT2D eigenvalue weighted by atomic mass is 10.00. The van der Waals surface area contributed by atoms with E-state index in [9.17, 15) is 9.90 Å². The molecule has 2 aromatic rings. The van der Waals surface area contributed by atoms with Gasteiger partial charge in [0.25, 0.3) is 5.91 Å². The van der Waals surface area contributed by atoms with Crippen molar-refractivity contribution in [3.8, 4) is 17.1 Å². The summed E-state index contributed by atoms with van der Waals surface area (Å²) >= 11 is 0. The second-order valence-electron chi connectivity index (χ2n) is 6.10. The van der Waals surface area contributed by atoms with Crippen LogP contribution in [0.25, 0.3) is 11.3 Å². The molecule has 22 heavy (non-hydrogen) atoms. The smallest absolute Gasteiger partial charge is 0.287 e. The SMILES string of the molecule is O=C(NC1CN2CC[C@H]1C2)c1ccc(-c2ccc(O)cc2)o1. The highest BCUT2D eigenvalue weighted by molar-refractivity contribution is 5.92. The fourth-order valence-corrected chi connectivity index (χ4v) is 3.43. The molecule has 1 aromatic carbocycles. The van der Waals surface area contributed by atoms with Crippen molar-refractivity contribution in [3.63, 3.8) is 0 Å². The molecule has 114 valence electrons. The van der Waals surface area contributed by atoms with E-state index in [1.54, 1.807) is 36.4 Å². The van der Waals surface area contributed by atoms with Crippen molar-refractivity contribution in [3.05, 3.63) is 42.2 Å². The highest BCUT2D eigenvalue weighted by atomic mass is 16.3. The Morgan fingerprint density at radius 3 is 2.68 bits per heavy atom. The van der Waals surface area contributed by atoms with Crippen molar-refractivity contribution in [2.75, 3.05) is 19.6 Å². The number of phenols is 1. The molecule has 1 amide bonds. The molecule has 2 N–H and O–H groups in total. The van der Waals surface area contributed by atoms with Gasteiger partial charge in [-0.05, 0) is 55.3 Å². The first-order valence-electron chi connectivity index (χ1n) is 7.61. The topological polar surface area (TPSA) is 65.7 Å². The maximum Gasteiger partial charge on any atom is 0.287 e. The van der Waals surface area contributed by atoms with E-state index in [1.165, 1.54) is 6.42 Å². The molecule has 5 nitrogen and oxygen atoms in total. The molecule has 2 fully saturated rings. The summed E-state index contributed by atoms with van der Waals surface area (Å²) in [6, 6.07) is 10.4. The first-order chi connectivity index (χ1) is 10.7. The number of amides is 1. The normalized spacial score (nSPS) is 26.3. The molecular weight excluding hydrogens is 280 g/mol. The molecular formula is C17H18N2O3. The number of carbonyl (C=O) groups excluding carboxylic acids is 1. The Labute approximate surface area is 128 Å². The molecule has 4 rings (SSSR count). The third-order valence-corrected chi connectivity index (χ3v) is 4.63. The molecule has 3 atom stereocenters. The molecule has 0 aliphatic carbocycles. The Bertz CT molecular complexity index is 692. The summed E-state index contributed by atoms with van der Waals surface area (Å²) in [5.74, 6) is 1.60. The Morgan fingerprint density at radius 2 is 2.00 bits per heavy atom. The van der Waals surface area contributed by atoms with Crippen molar-refractivity contribution >= 4 is 5.91 Å². The average molecular weight is 298 g/mol. The quantitative estimate of drug-likeness (QED) is 0.910. The minimum absolute atomic E-state index is 0.149. The van der Waals surface area contributed by atoms with Gasteiger partial charge in [-0.15, -0.1) is 0 Å². The van der Waals surface area contributed by atoms with Crippen LogP contribution in [0.4, 0.5) is 0 Å². The van der Waals surface area contributed by atoms with Gasteiger partial charge in [-0.25, -0.2) is 0 Å². The number of hydrogen-bond acceptors (Lipinski definition) is 4. The second kappa shape index (κ2) is 5.18. The second-order valence-corrected chi connectivity index (χ2v) is 6.10. The lowest BCUT2D eigenvalue weighted by Gasteiger charge is -2.22. The van der Waals surface area contributed by atoms with E-state index in [2.05, 4.69) is 10.2 Å². The lowest BCUT2D eigenvalue weighted by Crippen LogP contribution is -2.43. The van der Waals surface area contributed by atoms with Gasteiger partial charge >= 0.3 is 0 Å². The van der Waals surface area contributed by atoms with E-state index in [-0.39, 0.29) is 17.7 Å². The Kier molecular flexibility index (Phi) is 3.15. The van der Waals surface area contributed by atoms with Crippen LogP contribution in [-0.4, -0.2) is 41.6 Å². The van der Waals surface area contributed by atoms with Crippen molar-refractivity contribution in [1.82, 2.24) is 10.2 Å². The predicted molar refractivity (Wildman–Crippen MR) is 81.6 cm³/mol. The van der Waals surface area contributed by atoms with E-state index < -0.39 is 0 Å². The number of rotatable bonds is 3. The summed E-state index contributed by atoms with van der Waals surface area (Å²) in [5, 5.41) is 12.4. The Morgan fingerprint density at radius 1 is 1.18 bits per heavy atom. The number of carbonyl (C=O) groups is 1. The van der Waals surface area contributed by atoms with E-state index in [0.717, 1.165) is 25.2 Å². The first-order valence-corrected chi connectivity index (χ1v) is 7.61. The Balaban J connectivity index is 1.46. The van der Waals surface area contributed by atoms with Gasteiger partial charge in [-0.2, -0.15) is 0 Å². The van der Waals surface area contributed by atoms with Crippen LogP contribution in [0.5, 0.6) is 5.75 Å². The van der Waals surface area contributed by atoms with Crippen LogP contribution in [0, 0.1) is 5.92 Å². The first kappa shape index (κ1) is 13.4. The number of furan rings is 1. The standard InChI is InChI=1S/C17H18N2O3/c20-13-3-1-11(2-4-13)15-5-6-16(22-15)17(21)18-14-10-19-8-7-12(14)9-19/h1-6,12,14,20H,7-10H2,(H,18,21)/t12-,14?/m0/s1. The van der Waals surface area contributed by atoms with Crippen molar-refractivity contribution in [2.24, 2.45) is 5.92 Å². The highest BCUT2D eigenvalue weighted by Crippen LogP contribution is 2.28. The van der Waals surface area contributed by atoms with E-state index in [4.69, 9.17) is 4.42 Å². The molecule has 0 saturated carbocycles. The van der Waals surface area contributed by atoms with Crippen LogP contribution in [0.3, 0.4) is 0 Å². The summed E-state index contributed by atoms with van der Waals surface area (Å²) in [6.07, 6.45) is 1.17. The number of phenolic OH excluding ortho intramolecular Hbond substituents is 1. The van der Waals surface area contributed by atoms with E-state index in [1.807, 2.05) is 0 Å². The van der Waals surface area contributed by atoms with Gasteiger partial charge in [-0.3, -0.25) is 4.79 Å². The van der Waals surface area contributed by atoms with Crippen LogP contribution >= 0.6 is 0 Å². The summed E-state index contributed by atoms with van der Waals surface area (Å²) in [4.78, 5) is 14.7. The van der Waals surface area contributed by atoms with Gasteiger partial charge in [0.15, 0.2) is 5.76 Å². The maximum atomic E-state index is 12.3. The van der Waals surface area contributed by atoms with Gasteiger partial charge in [-0.1, -0.05) is 0 Å². The summed E-state index contributed by atoms with van der Waals surface area (Å²) in [5.41, 5.74) is 0.836. The van der Waals surface area contributed by atoms with Crippen LogP contribution < -0.4 is 5.32 Å². The highest BCUT2D eigenvalue weighted by Gasteiger charge is 2.38. The molecule has 3 heterocycles. The molecule has 2 aliphatic rings. The van der Waals surface area contributed by atoms with Gasteiger partial charge in [0.2, 0.25) is 0 Å². The number of piperidine rings is 1. The number of benzene rings is 1. The molecule has 2 bridgehead atoms. The zero-order valence-electron chi connectivity index (χ0n) is 12.2. The van der Waals surface area contributed by atoms with Crippen LogP contribution in [0.2, 0.25) is 0 Å².